The van der Waals surface area contributed by atoms with Crippen LogP contribution in [0.5, 0.6) is 11.5 Å². The van der Waals surface area contributed by atoms with Gasteiger partial charge >= 0.3 is 0 Å². The molecular formula is C24H27F2N5O3. The molecule has 10 heteroatoms. The van der Waals surface area contributed by atoms with Crippen LogP contribution in [-0.2, 0) is 6.42 Å². The number of likely N-dealkylation sites (tertiary alicyclic amines) is 1. The molecule has 1 saturated heterocycles. The molecule has 0 saturated carbocycles. The highest BCUT2D eigenvalue weighted by Crippen LogP contribution is 2.41. The number of nitrogens with zero attached hydrogens (tertiary/aromatic N) is 4. The average molecular weight is 472 g/mol. The first kappa shape index (κ1) is 22.5. The van der Waals surface area contributed by atoms with Crippen molar-refractivity contribution < 1.29 is 23.0 Å². The zero-order valence-electron chi connectivity index (χ0n) is 19.1. The van der Waals surface area contributed by atoms with Crippen LogP contribution in [0, 0.1) is 0 Å². The summed E-state index contributed by atoms with van der Waals surface area (Å²) in [5.41, 5.74) is 1.88. The lowest BCUT2D eigenvalue weighted by atomic mass is 10.0. The van der Waals surface area contributed by atoms with Gasteiger partial charge < -0.3 is 14.8 Å². The molecule has 2 aliphatic heterocycles. The van der Waals surface area contributed by atoms with Crippen molar-refractivity contribution in [3.63, 3.8) is 0 Å². The van der Waals surface area contributed by atoms with E-state index in [-0.39, 0.29) is 30.7 Å². The maximum Gasteiger partial charge on any atom is 0.261 e. The molecular weight excluding hydrogens is 444 g/mol. The second-order valence-corrected chi connectivity index (χ2v) is 9.39. The highest BCUT2D eigenvalue weighted by Gasteiger charge is 2.32. The lowest BCUT2D eigenvalue weighted by Gasteiger charge is -2.24. The van der Waals surface area contributed by atoms with Gasteiger partial charge in [0.2, 0.25) is 0 Å². The fourth-order valence-electron chi connectivity index (χ4n) is 4.71. The smallest absolute Gasteiger partial charge is 0.261 e. The molecule has 1 amide bonds. The van der Waals surface area contributed by atoms with Gasteiger partial charge in [0.15, 0.2) is 5.65 Å². The zero-order chi connectivity index (χ0) is 23.9. The number of rotatable bonds is 7. The first-order valence-electron chi connectivity index (χ1n) is 11.4. The van der Waals surface area contributed by atoms with Crippen LogP contribution in [-0.4, -0.2) is 63.2 Å². The number of nitrogens with one attached hydrogen (secondary N) is 1. The summed E-state index contributed by atoms with van der Waals surface area (Å²) >= 11 is 0. The van der Waals surface area contributed by atoms with Crippen molar-refractivity contribution in [1.29, 1.82) is 0 Å². The van der Waals surface area contributed by atoms with Gasteiger partial charge in [0.1, 0.15) is 29.3 Å². The van der Waals surface area contributed by atoms with Crippen LogP contribution in [0.4, 0.5) is 14.5 Å². The first-order chi connectivity index (χ1) is 16.3. The number of amides is 1. The van der Waals surface area contributed by atoms with Gasteiger partial charge in [-0.1, -0.05) is 0 Å². The molecule has 1 atom stereocenters. The van der Waals surface area contributed by atoms with E-state index in [2.05, 4.69) is 15.4 Å². The number of anilines is 1. The summed E-state index contributed by atoms with van der Waals surface area (Å²) in [7, 11) is 0. The molecule has 0 bridgehead atoms. The molecule has 8 nitrogen and oxygen atoms in total. The van der Waals surface area contributed by atoms with Crippen molar-refractivity contribution in [3.05, 3.63) is 47.9 Å². The van der Waals surface area contributed by atoms with E-state index >= 15 is 0 Å². The average Bonchev–Trinajstić information content (AvgIpc) is 3.47. The Morgan fingerprint density at radius 2 is 2.24 bits per heavy atom. The maximum absolute atomic E-state index is 13.1. The van der Waals surface area contributed by atoms with Gasteiger partial charge in [-0.05, 0) is 45.4 Å². The van der Waals surface area contributed by atoms with Crippen LogP contribution >= 0.6 is 0 Å². The van der Waals surface area contributed by atoms with E-state index < -0.39 is 6.43 Å². The number of aromatic nitrogens is 3. The number of benzene rings is 1. The van der Waals surface area contributed by atoms with E-state index in [1.165, 1.54) is 10.7 Å². The van der Waals surface area contributed by atoms with Gasteiger partial charge in [-0.2, -0.15) is 5.10 Å². The molecule has 2 aromatic heterocycles. The number of hydrogen-bond acceptors (Lipinski definition) is 6. The van der Waals surface area contributed by atoms with E-state index in [0.29, 0.717) is 41.4 Å². The van der Waals surface area contributed by atoms with Crippen LogP contribution in [0.2, 0.25) is 0 Å². The van der Waals surface area contributed by atoms with Crippen LogP contribution in [0.15, 0.2) is 36.8 Å². The molecule has 0 aliphatic carbocycles. The Morgan fingerprint density at radius 1 is 1.38 bits per heavy atom. The predicted octanol–water partition coefficient (Wildman–Crippen LogP) is 3.80. The van der Waals surface area contributed by atoms with E-state index in [4.69, 9.17) is 9.47 Å². The molecule has 4 heterocycles. The van der Waals surface area contributed by atoms with Crippen molar-refractivity contribution in [2.24, 2.45) is 0 Å². The topological polar surface area (TPSA) is 81.0 Å². The maximum atomic E-state index is 13.1. The second kappa shape index (κ2) is 8.83. The molecule has 1 aromatic carbocycles. The molecule has 5 rings (SSSR count). The molecule has 34 heavy (non-hydrogen) atoms. The monoisotopic (exact) mass is 471 g/mol. The van der Waals surface area contributed by atoms with Gasteiger partial charge in [0.05, 0.1) is 18.4 Å². The summed E-state index contributed by atoms with van der Waals surface area (Å²) in [6.45, 7) is 4.61. The zero-order valence-corrected chi connectivity index (χ0v) is 19.1. The van der Waals surface area contributed by atoms with E-state index in [1.54, 1.807) is 29.4 Å². The number of fused-ring (bicyclic) bond motifs is 2. The molecule has 0 spiro atoms. The van der Waals surface area contributed by atoms with Crippen molar-refractivity contribution in [2.45, 2.75) is 51.2 Å². The highest BCUT2D eigenvalue weighted by molar-refractivity contribution is 6.08. The predicted molar refractivity (Wildman–Crippen MR) is 122 cm³/mol. The summed E-state index contributed by atoms with van der Waals surface area (Å²) in [5.74, 6) is 0.779. The summed E-state index contributed by atoms with van der Waals surface area (Å²) < 4.78 is 39.6. The fourth-order valence-corrected chi connectivity index (χ4v) is 4.71. The molecule has 0 radical (unpaired) electrons. The van der Waals surface area contributed by atoms with E-state index in [0.717, 1.165) is 18.4 Å². The summed E-state index contributed by atoms with van der Waals surface area (Å²) in [5, 5.41) is 7.11. The number of hydrogen-bond donors (Lipinski definition) is 1. The Balaban J connectivity index is 1.40. The third-order valence-corrected chi connectivity index (χ3v) is 6.24. The van der Waals surface area contributed by atoms with Gasteiger partial charge in [-0.25, -0.2) is 18.3 Å². The van der Waals surface area contributed by atoms with Gasteiger partial charge in [0.25, 0.3) is 12.3 Å². The minimum absolute atomic E-state index is 0.105. The molecule has 180 valence electrons. The minimum Gasteiger partial charge on any atom is -0.490 e. The molecule has 1 unspecified atom stereocenters. The van der Waals surface area contributed by atoms with E-state index in [1.807, 2.05) is 19.9 Å². The first-order valence-corrected chi connectivity index (χ1v) is 11.4. The van der Waals surface area contributed by atoms with E-state index in [9.17, 15) is 13.6 Å². The van der Waals surface area contributed by atoms with Gasteiger partial charge in [-0.3, -0.25) is 9.69 Å². The third kappa shape index (κ3) is 4.54. The minimum atomic E-state index is -2.38. The standard InChI is InChI=1S/C24H27F2N5O3/c1-24(2)11-15-9-18(29-23(32)17-12-28-31-8-4-6-27-22(17)31)20(10-19(15)34-24)33-14-16-5-3-7-30(16)13-21(25)26/h4,6,8-10,12,16,21H,3,5,7,11,13-14H2,1-2H3,(H,29,32). The van der Waals surface area contributed by atoms with Gasteiger partial charge in [-0.15, -0.1) is 0 Å². The lowest BCUT2D eigenvalue weighted by molar-refractivity contribution is 0.0696. The van der Waals surface area contributed by atoms with Crippen molar-refractivity contribution in [1.82, 2.24) is 19.5 Å². The van der Waals surface area contributed by atoms with Crippen molar-refractivity contribution in [3.8, 4) is 11.5 Å². The number of ether oxygens (including phenoxy) is 2. The Morgan fingerprint density at radius 3 is 3.06 bits per heavy atom. The van der Waals surface area contributed by atoms with Crippen LogP contribution < -0.4 is 14.8 Å². The van der Waals surface area contributed by atoms with Crippen LogP contribution in [0.1, 0.15) is 42.6 Å². The summed E-state index contributed by atoms with van der Waals surface area (Å²) in [4.78, 5) is 19.1. The summed E-state index contributed by atoms with van der Waals surface area (Å²) in [6, 6.07) is 5.27. The normalized spacial score (nSPS) is 19.4. The Bertz CT molecular complexity index is 1210. The summed E-state index contributed by atoms with van der Waals surface area (Å²) in [6.07, 6.45) is 4.74. The SMILES string of the molecule is CC1(C)Cc2cc(NC(=O)c3cnn4cccnc34)c(OCC3CCCN3CC(F)F)cc2O1. The number of carbonyl (C=O) groups is 1. The van der Waals surface area contributed by atoms with Gasteiger partial charge in [0, 0.05) is 36.5 Å². The fraction of sp³-hybridized carbons (Fsp3) is 0.458. The van der Waals surface area contributed by atoms with Crippen molar-refractivity contribution in [2.75, 3.05) is 25.0 Å². The quantitative estimate of drug-likeness (QED) is 0.565. The molecule has 3 aromatic rings. The van der Waals surface area contributed by atoms with Crippen LogP contribution in [0.3, 0.4) is 0 Å². The number of alkyl halides is 2. The Kier molecular flexibility index (Phi) is 5.85. The molecule has 2 aliphatic rings. The van der Waals surface area contributed by atoms with Crippen molar-refractivity contribution >= 4 is 17.2 Å². The number of carbonyl (C=O) groups excluding carboxylic acids is 1. The van der Waals surface area contributed by atoms with Crippen LogP contribution in [0.25, 0.3) is 5.65 Å². The number of halogens is 2. The Labute approximate surface area is 195 Å². The largest absolute Gasteiger partial charge is 0.490 e. The third-order valence-electron chi connectivity index (χ3n) is 6.24. The second-order valence-electron chi connectivity index (χ2n) is 9.39. The highest BCUT2D eigenvalue weighted by atomic mass is 19.3. The molecule has 1 N–H and O–H groups in total. The lowest BCUT2D eigenvalue weighted by Crippen LogP contribution is -2.37. The molecule has 1 fully saturated rings. The Hall–Kier alpha value is -3.27.